The van der Waals surface area contributed by atoms with E-state index in [2.05, 4.69) is 4.74 Å². The molecule has 1 atom stereocenters. The Morgan fingerprint density at radius 1 is 1.61 bits per heavy atom. The highest BCUT2D eigenvalue weighted by Gasteiger charge is 2.33. The lowest BCUT2D eigenvalue weighted by molar-refractivity contribution is 0.0600. The largest absolute Gasteiger partial charge is 0.465 e. The predicted octanol–water partition coefficient (Wildman–Crippen LogP) is -0.212. The minimum atomic E-state index is -3.71. The molecular formula is C10H14N2O5S. The highest BCUT2D eigenvalue weighted by atomic mass is 32.2. The van der Waals surface area contributed by atoms with Crippen LogP contribution in [0.15, 0.2) is 21.8 Å². The van der Waals surface area contributed by atoms with Crippen LogP contribution in [0.1, 0.15) is 16.8 Å². The van der Waals surface area contributed by atoms with E-state index in [-0.39, 0.29) is 23.2 Å². The second-order valence-electron chi connectivity index (χ2n) is 4.06. The third kappa shape index (κ3) is 2.26. The molecule has 2 rings (SSSR count). The molecule has 0 aliphatic carbocycles. The number of carbonyl (C=O) groups is 1. The molecule has 0 amide bonds. The smallest absolute Gasteiger partial charge is 0.341 e. The highest BCUT2D eigenvalue weighted by Crippen LogP contribution is 2.22. The molecule has 2 heterocycles. The molecule has 8 heteroatoms. The van der Waals surface area contributed by atoms with Crippen molar-refractivity contribution in [2.45, 2.75) is 17.6 Å². The predicted molar refractivity (Wildman–Crippen MR) is 61.4 cm³/mol. The van der Waals surface area contributed by atoms with Crippen molar-refractivity contribution in [3.8, 4) is 0 Å². The normalized spacial score (nSPS) is 21.1. The number of esters is 1. The third-order valence-corrected chi connectivity index (χ3v) is 4.51. The lowest BCUT2D eigenvalue weighted by Crippen LogP contribution is -2.31. The Kier molecular flexibility index (Phi) is 3.42. The quantitative estimate of drug-likeness (QED) is 0.765. The van der Waals surface area contributed by atoms with Gasteiger partial charge in [-0.15, -0.1) is 0 Å². The standard InChI is InChI=1S/C10H14N2O5S/c1-16-10(13)7-4-9(17-6-7)18(14,15)12-3-2-8(11)5-12/h4,6,8H,2-3,5,11H2,1H3/t8-/m1/s1. The Morgan fingerprint density at radius 2 is 2.33 bits per heavy atom. The van der Waals surface area contributed by atoms with Crippen molar-refractivity contribution in [1.29, 1.82) is 0 Å². The van der Waals surface area contributed by atoms with Gasteiger partial charge in [0.05, 0.1) is 12.7 Å². The number of methoxy groups -OCH3 is 1. The van der Waals surface area contributed by atoms with Crippen LogP contribution in [0.2, 0.25) is 0 Å². The summed E-state index contributed by atoms with van der Waals surface area (Å²) in [5.41, 5.74) is 5.73. The Labute approximate surface area is 105 Å². The summed E-state index contributed by atoms with van der Waals surface area (Å²) in [5, 5.41) is -0.267. The van der Waals surface area contributed by atoms with E-state index in [1.54, 1.807) is 0 Å². The van der Waals surface area contributed by atoms with E-state index in [4.69, 9.17) is 10.2 Å². The van der Waals surface area contributed by atoms with Crippen molar-refractivity contribution in [3.05, 3.63) is 17.9 Å². The van der Waals surface area contributed by atoms with Gasteiger partial charge in [-0.1, -0.05) is 0 Å². The molecule has 0 bridgehead atoms. The molecule has 1 aromatic rings. The van der Waals surface area contributed by atoms with Gasteiger partial charge in [0.2, 0.25) is 5.09 Å². The third-order valence-electron chi connectivity index (χ3n) is 2.78. The first-order chi connectivity index (χ1) is 8.45. The van der Waals surface area contributed by atoms with Gasteiger partial charge in [0.15, 0.2) is 0 Å². The fourth-order valence-corrected chi connectivity index (χ4v) is 3.21. The molecule has 1 aliphatic heterocycles. The Morgan fingerprint density at radius 3 is 2.89 bits per heavy atom. The van der Waals surface area contributed by atoms with Crippen LogP contribution in [0.5, 0.6) is 0 Å². The summed E-state index contributed by atoms with van der Waals surface area (Å²) >= 11 is 0. The van der Waals surface area contributed by atoms with Crippen molar-refractivity contribution < 1.29 is 22.4 Å². The first kappa shape index (κ1) is 13.1. The fraction of sp³-hybridized carbons (Fsp3) is 0.500. The molecule has 18 heavy (non-hydrogen) atoms. The topological polar surface area (TPSA) is 103 Å². The van der Waals surface area contributed by atoms with Crippen LogP contribution < -0.4 is 5.73 Å². The lowest BCUT2D eigenvalue weighted by atomic mass is 10.3. The molecule has 1 fully saturated rings. The summed E-state index contributed by atoms with van der Waals surface area (Å²) in [4.78, 5) is 11.2. The average molecular weight is 274 g/mol. The molecule has 1 aromatic heterocycles. The summed E-state index contributed by atoms with van der Waals surface area (Å²) in [6.45, 7) is 0.619. The molecule has 0 spiro atoms. The number of furan rings is 1. The van der Waals surface area contributed by atoms with E-state index >= 15 is 0 Å². The summed E-state index contributed by atoms with van der Waals surface area (Å²) in [6, 6.07) is 1.00. The number of carbonyl (C=O) groups excluding carboxylic acids is 1. The maximum atomic E-state index is 12.1. The van der Waals surface area contributed by atoms with Gasteiger partial charge < -0.3 is 14.9 Å². The van der Waals surface area contributed by atoms with Crippen LogP contribution in [-0.4, -0.2) is 44.9 Å². The maximum absolute atomic E-state index is 12.1. The summed E-state index contributed by atoms with van der Waals surface area (Å²) in [5.74, 6) is -0.640. The molecule has 0 unspecified atom stereocenters. The second-order valence-corrected chi connectivity index (χ2v) is 5.93. The lowest BCUT2D eigenvalue weighted by Gasteiger charge is -2.13. The fourth-order valence-electron chi connectivity index (χ4n) is 1.78. The van der Waals surface area contributed by atoms with Crippen molar-refractivity contribution in [2.24, 2.45) is 5.73 Å². The number of hydrogen-bond acceptors (Lipinski definition) is 6. The van der Waals surface area contributed by atoms with Gasteiger partial charge in [-0.25, -0.2) is 13.2 Å². The average Bonchev–Trinajstić information content (AvgIpc) is 2.96. The van der Waals surface area contributed by atoms with Gasteiger partial charge in [0.25, 0.3) is 10.0 Å². The number of nitrogens with two attached hydrogens (primary N) is 1. The van der Waals surface area contributed by atoms with Crippen molar-refractivity contribution in [3.63, 3.8) is 0 Å². The van der Waals surface area contributed by atoms with Crippen LogP contribution in [0.4, 0.5) is 0 Å². The zero-order chi connectivity index (χ0) is 13.3. The van der Waals surface area contributed by atoms with Crippen molar-refractivity contribution in [1.82, 2.24) is 4.31 Å². The number of sulfonamides is 1. The number of rotatable bonds is 3. The van der Waals surface area contributed by atoms with Gasteiger partial charge in [0.1, 0.15) is 6.26 Å². The minimum absolute atomic E-state index is 0.0690. The van der Waals surface area contributed by atoms with E-state index in [1.165, 1.54) is 11.4 Å². The van der Waals surface area contributed by atoms with Gasteiger partial charge >= 0.3 is 5.97 Å². The Hall–Kier alpha value is -1.38. The molecule has 2 N–H and O–H groups in total. The van der Waals surface area contributed by atoms with E-state index in [1.807, 2.05) is 0 Å². The zero-order valence-corrected chi connectivity index (χ0v) is 10.6. The number of nitrogens with zero attached hydrogens (tertiary/aromatic N) is 1. The molecule has 1 saturated heterocycles. The Bertz CT molecular complexity index is 550. The number of hydrogen-bond donors (Lipinski definition) is 1. The van der Waals surface area contributed by atoms with Crippen LogP contribution in [0.25, 0.3) is 0 Å². The molecule has 1 aliphatic rings. The summed E-state index contributed by atoms with van der Waals surface area (Å²) < 4.78 is 34.9. The van der Waals surface area contributed by atoms with Crippen molar-refractivity contribution >= 4 is 16.0 Å². The molecule has 7 nitrogen and oxygen atoms in total. The van der Waals surface area contributed by atoms with E-state index in [9.17, 15) is 13.2 Å². The van der Waals surface area contributed by atoms with Gasteiger partial charge in [-0.05, 0) is 6.42 Å². The zero-order valence-electron chi connectivity index (χ0n) is 9.83. The van der Waals surface area contributed by atoms with Crippen LogP contribution in [0.3, 0.4) is 0 Å². The maximum Gasteiger partial charge on any atom is 0.341 e. The SMILES string of the molecule is COC(=O)c1coc(S(=O)(=O)N2CC[C@@H](N)C2)c1. The summed E-state index contributed by atoms with van der Waals surface area (Å²) in [6.07, 6.45) is 1.68. The van der Waals surface area contributed by atoms with Crippen LogP contribution in [-0.2, 0) is 14.8 Å². The monoisotopic (exact) mass is 274 g/mol. The van der Waals surface area contributed by atoms with E-state index in [0.717, 1.165) is 12.3 Å². The second kappa shape index (κ2) is 4.71. The molecule has 0 aromatic carbocycles. The highest BCUT2D eigenvalue weighted by molar-refractivity contribution is 7.89. The first-order valence-electron chi connectivity index (χ1n) is 5.37. The number of ether oxygens (including phenoxy) is 1. The molecular weight excluding hydrogens is 260 g/mol. The summed E-state index contributed by atoms with van der Waals surface area (Å²) in [7, 11) is -2.50. The van der Waals surface area contributed by atoms with E-state index in [0.29, 0.717) is 13.0 Å². The molecule has 0 radical (unpaired) electrons. The molecule has 100 valence electrons. The first-order valence-corrected chi connectivity index (χ1v) is 6.81. The van der Waals surface area contributed by atoms with Crippen LogP contribution in [0, 0.1) is 0 Å². The van der Waals surface area contributed by atoms with Gasteiger partial charge in [0, 0.05) is 25.2 Å². The van der Waals surface area contributed by atoms with Gasteiger partial charge in [-0.3, -0.25) is 0 Å². The Balaban J connectivity index is 2.25. The molecule has 0 saturated carbocycles. The minimum Gasteiger partial charge on any atom is -0.465 e. The van der Waals surface area contributed by atoms with Gasteiger partial charge in [-0.2, -0.15) is 4.31 Å². The van der Waals surface area contributed by atoms with Crippen LogP contribution >= 0.6 is 0 Å². The van der Waals surface area contributed by atoms with Crippen molar-refractivity contribution in [2.75, 3.05) is 20.2 Å². The van der Waals surface area contributed by atoms with E-state index < -0.39 is 16.0 Å².